The third-order valence-corrected chi connectivity index (χ3v) is 3.60. The molecule has 0 spiro atoms. The zero-order chi connectivity index (χ0) is 14.5. The number of nitro groups is 1. The van der Waals surface area contributed by atoms with Crippen molar-refractivity contribution in [2.75, 3.05) is 33.2 Å². The zero-order valence-corrected chi connectivity index (χ0v) is 11.6. The topological polar surface area (TPSA) is 66.7 Å². The van der Waals surface area contributed by atoms with Crippen molar-refractivity contribution >= 4 is 11.6 Å². The predicted molar refractivity (Wildman–Crippen MR) is 75.5 cm³/mol. The number of carbonyl (C=O) groups is 1. The van der Waals surface area contributed by atoms with Gasteiger partial charge < -0.3 is 9.80 Å². The molecule has 0 bridgehead atoms. The van der Waals surface area contributed by atoms with Gasteiger partial charge >= 0.3 is 0 Å². The van der Waals surface area contributed by atoms with Crippen LogP contribution in [0.2, 0.25) is 0 Å². The van der Waals surface area contributed by atoms with Gasteiger partial charge in [-0.2, -0.15) is 0 Å². The number of hydrogen-bond donors (Lipinski definition) is 0. The first kappa shape index (κ1) is 14.5. The van der Waals surface area contributed by atoms with E-state index in [9.17, 15) is 14.9 Å². The van der Waals surface area contributed by atoms with Gasteiger partial charge in [0.1, 0.15) is 0 Å². The molecular weight excluding hydrogens is 258 g/mol. The molecule has 1 amide bonds. The van der Waals surface area contributed by atoms with Crippen LogP contribution in [-0.4, -0.2) is 53.9 Å². The Labute approximate surface area is 118 Å². The summed E-state index contributed by atoms with van der Waals surface area (Å²) in [6.07, 6.45) is 1.04. The van der Waals surface area contributed by atoms with Gasteiger partial charge in [-0.25, -0.2) is 0 Å². The molecule has 1 aromatic carbocycles. The van der Waals surface area contributed by atoms with Crippen molar-refractivity contribution in [3.63, 3.8) is 0 Å². The SMILES string of the molecule is CN1CCCN(C(=O)Cc2ccccc2[N+](=O)[O-])CC1. The quantitative estimate of drug-likeness (QED) is 0.617. The third kappa shape index (κ3) is 3.54. The van der Waals surface area contributed by atoms with Crippen molar-refractivity contribution in [2.45, 2.75) is 12.8 Å². The summed E-state index contributed by atoms with van der Waals surface area (Å²) in [7, 11) is 2.04. The molecule has 6 heteroatoms. The molecule has 1 aliphatic rings. The summed E-state index contributed by atoms with van der Waals surface area (Å²) in [5.74, 6) is -0.0328. The lowest BCUT2D eigenvalue weighted by atomic mass is 10.1. The lowest BCUT2D eigenvalue weighted by molar-refractivity contribution is -0.385. The van der Waals surface area contributed by atoms with Gasteiger partial charge in [-0.15, -0.1) is 0 Å². The van der Waals surface area contributed by atoms with Crippen LogP contribution in [0.3, 0.4) is 0 Å². The largest absolute Gasteiger partial charge is 0.341 e. The van der Waals surface area contributed by atoms with Crippen LogP contribution in [0.5, 0.6) is 0 Å². The van der Waals surface area contributed by atoms with Gasteiger partial charge in [0.2, 0.25) is 5.91 Å². The molecule has 20 heavy (non-hydrogen) atoms. The minimum absolute atomic E-state index is 0.0211. The predicted octanol–water partition coefficient (Wildman–Crippen LogP) is 1.30. The molecule has 2 rings (SSSR count). The van der Waals surface area contributed by atoms with Gasteiger partial charge in [0, 0.05) is 31.3 Å². The van der Waals surface area contributed by atoms with Gasteiger partial charge in [0.05, 0.1) is 11.3 Å². The highest BCUT2D eigenvalue weighted by atomic mass is 16.6. The van der Waals surface area contributed by atoms with Gasteiger partial charge in [-0.05, 0) is 20.0 Å². The van der Waals surface area contributed by atoms with Crippen LogP contribution < -0.4 is 0 Å². The normalized spacial score (nSPS) is 16.8. The second kappa shape index (κ2) is 6.47. The van der Waals surface area contributed by atoms with Gasteiger partial charge in [-0.1, -0.05) is 18.2 Å². The van der Waals surface area contributed by atoms with Gasteiger partial charge in [0.15, 0.2) is 0 Å². The Morgan fingerprint density at radius 1 is 1.25 bits per heavy atom. The molecule has 0 unspecified atom stereocenters. The molecule has 0 N–H and O–H groups in total. The number of nitro benzene ring substituents is 1. The highest BCUT2D eigenvalue weighted by Crippen LogP contribution is 2.19. The molecule has 0 radical (unpaired) electrons. The average Bonchev–Trinajstić information content (AvgIpc) is 2.64. The summed E-state index contributed by atoms with van der Waals surface area (Å²) in [5, 5.41) is 11.0. The molecule has 1 aliphatic heterocycles. The van der Waals surface area contributed by atoms with Gasteiger partial charge in [0.25, 0.3) is 5.69 Å². The summed E-state index contributed by atoms with van der Waals surface area (Å²) in [5.41, 5.74) is 0.507. The molecule has 1 heterocycles. The van der Waals surface area contributed by atoms with Crippen molar-refractivity contribution in [1.29, 1.82) is 0 Å². The van der Waals surface area contributed by atoms with E-state index in [4.69, 9.17) is 0 Å². The Hall–Kier alpha value is -1.95. The molecule has 0 aliphatic carbocycles. The number of benzene rings is 1. The summed E-state index contributed by atoms with van der Waals surface area (Å²) >= 11 is 0. The second-order valence-corrected chi connectivity index (χ2v) is 5.10. The Kier molecular flexibility index (Phi) is 4.68. The number of hydrogen-bond acceptors (Lipinski definition) is 4. The molecule has 0 aromatic heterocycles. The highest BCUT2D eigenvalue weighted by molar-refractivity contribution is 5.80. The van der Waals surface area contributed by atoms with Crippen LogP contribution in [0.15, 0.2) is 24.3 Å². The fourth-order valence-electron chi connectivity index (χ4n) is 2.41. The number of amides is 1. The molecule has 0 atom stereocenters. The summed E-state index contributed by atoms with van der Waals surface area (Å²) in [4.78, 5) is 26.8. The van der Waals surface area contributed by atoms with Crippen molar-refractivity contribution in [3.8, 4) is 0 Å². The highest BCUT2D eigenvalue weighted by Gasteiger charge is 2.21. The first-order chi connectivity index (χ1) is 9.58. The molecule has 108 valence electrons. The maximum Gasteiger partial charge on any atom is 0.273 e. The van der Waals surface area contributed by atoms with Crippen LogP contribution in [0.1, 0.15) is 12.0 Å². The maximum atomic E-state index is 12.3. The molecule has 6 nitrogen and oxygen atoms in total. The number of carbonyl (C=O) groups excluding carboxylic acids is 1. The maximum absolute atomic E-state index is 12.3. The molecular formula is C14H19N3O3. The van der Waals surface area contributed by atoms with E-state index in [1.807, 2.05) is 7.05 Å². The Balaban J connectivity index is 2.06. The molecule has 1 fully saturated rings. The van der Waals surface area contributed by atoms with E-state index in [0.29, 0.717) is 12.1 Å². The smallest absolute Gasteiger partial charge is 0.273 e. The number of rotatable bonds is 3. The molecule has 0 saturated carbocycles. The van der Waals surface area contributed by atoms with Crippen LogP contribution in [0, 0.1) is 10.1 Å². The molecule has 1 saturated heterocycles. The van der Waals surface area contributed by atoms with E-state index in [1.165, 1.54) is 6.07 Å². The van der Waals surface area contributed by atoms with Crippen molar-refractivity contribution in [2.24, 2.45) is 0 Å². The first-order valence-corrected chi connectivity index (χ1v) is 6.76. The summed E-state index contributed by atoms with van der Waals surface area (Å²) in [6.45, 7) is 3.25. The van der Waals surface area contributed by atoms with Gasteiger partial charge in [-0.3, -0.25) is 14.9 Å². The van der Waals surface area contributed by atoms with E-state index in [1.54, 1.807) is 23.1 Å². The summed E-state index contributed by atoms with van der Waals surface area (Å²) < 4.78 is 0. The second-order valence-electron chi connectivity index (χ2n) is 5.10. The number of nitrogens with zero attached hydrogens (tertiary/aromatic N) is 3. The fraction of sp³-hybridized carbons (Fsp3) is 0.500. The van der Waals surface area contributed by atoms with Crippen LogP contribution in [0.25, 0.3) is 0 Å². The van der Waals surface area contributed by atoms with E-state index in [-0.39, 0.29) is 18.0 Å². The van der Waals surface area contributed by atoms with Crippen LogP contribution in [-0.2, 0) is 11.2 Å². The lowest BCUT2D eigenvalue weighted by Crippen LogP contribution is -2.35. The van der Waals surface area contributed by atoms with E-state index < -0.39 is 4.92 Å². The van der Waals surface area contributed by atoms with Crippen LogP contribution >= 0.6 is 0 Å². The van der Waals surface area contributed by atoms with Crippen molar-refractivity contribution in [3.05, 3.63) is 39.9 Å². The molecule has 1 aromatic rings. The average molecular weight is 277 g/mol. The number of para-hydroxylation sites is 1. The Bertz CT molecular complexity index is 504. The van der Waals surface area contributed by atoms with Crippen molar-refractivity contribution in [1.82, 2.24) is 9.80 Å². The monoisotopic (exact) mass is 277 g/mol. The van der Waals surface area contributed by atoms with E-state index in [2.05, 4.69) is 4.90 Å². The standard InChI is InChI=1S/C14H19N3O3/c1-15-7-4-8-16(10-9-15)14(18)11-12-5-2-3-6-13(12)17(19)20/h2-3,5-6H,4,7-11H2,1H3. The lowest BCUT2D eigenvalue weighted by Gasteiger charge is -2.20. The first-order valence-electron chi connectivity index (χ1n) is 6.76. The van der Waals surface area contributed by atoms with E-state index in [0.717, 1.165) is 26.1 Å². The third-order valence-electron chi connectivity index (χ3n) is 3.60. The van der Waals surface area contributed by atoms with Crippen molar-refractivity contribution < 1.29 is 9.72 Å². The minimum Gasteiger partial charge on any atom is -0.341 e. The number of likely N-dealkylation sites (N-methyl/N-ethyl adjacent to an activating group) is 1. The summed E-state index contributed by atoms with van der Waals surface area (Å²) in [6, 6.07) is 6.44. The Morgan fingerprint density at radius 3 is 2.75 bits per heavy atom. The van der Waals surface area contributed by atoms with E-state index >= 15 is 0 Å². The Morgan fingerprint density at radius 2 is 2.00 bits per heavy atom. The fourth-order valence-corrected chi connectivity index (χ4v) is 2.41. The minimum atomic E-state index is -0.432. The zero-order valence-electron chi connectivity index (χ0n) is 11.6. The van der Waals surface area contributed by atoms with Crippen LogP contribution in [0.4, 0.5) is 5.69 Å².